The average Bonchev–Trinajstić information content (AvgIpc) is 3.00. The third-order valence-electron chi connectivity index (χ3n) is 4.88. The van der Waals surface area contributed by atoms with Crippen molar-refractivity contribution >= 4 is 11.6 Å². The van der Waals surface area contributed by atoms with Gasteiger partial charge in [-0.3, -0.25) is 4.68 Å². The van der Waals surface area contributed by atoms with Gasteiger partial charge in [-0.2, -0.15) is 5.10 Å². The Morgan fingerprint density at radius 3 is 2.67 bits per heavy atom. The molecule has 0 amide bonds. The van der Waals surface area contributed by atoms with Gasteiger partial charge in [0.1, 0.15) is 0 Å². The molecule has 2 rings (SSSR count). The average molecular weight is 312 g/mol. The van der Waals surface area contributed by atoms with Gasteiger partial charge in [0.15, 0.2) is 0 Å². The van der Waals surface area contributed by atoms with Crippen LogP contribution < -0.4 is 5.32 Å². The van der Waals surface area contributed by atoms with E-state index in [0.29, 0.717) is 6.04 Å². The molecule has 3 unspecified atom stereocenters. The molecule has 0 bridgehead atoms. The second-order valence-electron chi connectivity index (χ2n) is 6.63. The first-order valence-corrected chi connectivity index (χ1v) is 8.88. The zero-order valence-corrected chi connectivity index (χ0v) is 14.7. The Hall–Kier alpha value is -0.540. The van der Waals surface area contributed by atoms with E-state index in [2.05, 4.69) is 31.2 Å². The van der Waals surface area contributed by atoms with E-state index in [0.717, 1.165) is 41.9 Å². The van der Waals surface area contributed by atoms with Crippen LogP contribution in [-0.4, -0.2) is 22.4 Å². The molecular formula is C17H30ClN3. The van der Waals surface area contributed by atoms with Gasteiger partial charge in [-0.1, -0.05) is 38.8 Å². The number of hydrogen-bond acceptors (Lipinski definition) is 2. The van der Waals surface area contributed by atoms with Gasteiger partial charge in [0.05, 0.1) is 16.4 Å². The van der Waals surface area contributed by atoms with Gasteiger partial charge < -0.3 is 5.32 Å². The Labute approximate surface area is 134 Å². The highest BCUT2D eigenvalue weighted by molar-refractivity contribution is 6.31. The zero-order chi connectivity index (χ0) is 15.4. The molecule has 1 heterocycles. The summed E-state index contributed by atoms with van der Waals surface area (Å²) in [5.74, 6) is 1.65. The summed E-state index contributed by atoms with van der Waals surface area (Å²) < 4.78 is 1.99. The van der Waals surface area contributed by atoms with Gasteiger partial charge in [0, 0.05) is 19.5 Å². The quantitative estimate of drug-likeness (QED) is 0.825. The molecule has 1 aliphatic carbocycles. The van der Waals surface area contributed by atoms with Crippen molar-refractivity contribution in [2.75, 3.05) is 6.54 Å². The number of rotatable bonds is 7. The van der Waals surface area contributed by atoms with E-state index in [1.165, 1.54) is 31.4 Å². The predicted octanol–water partition coefficient (Wildman–Crippen LogP) is 3.98. The SMILES string of the molecule is CCCNC(Cc1c(Cl)c(CC)nn1C)C1CCC(C)C1. The summed E-state index contributed by atoms with van der Waals surface area (Å²) in [6.07, 6.45) is 7.14. The fraction of sp³-hybridized carbons (Fsp3) is 0.824. The first kappa shape index (κ1) is 16.8. The Bertz CT molecular complexity index is 455. The monoisotopic (exact) mass is 311 g/mol. The smallest absolute Gasteiger partial charge is 0.0850 e. The Kier molecular flexibility index (Phi) is 6.12. The van der Waals surface area contributed by atoms with E-state index in [1.807, 2.05) is 11.7 Å². The van der Waals surface area contributed by atoms with Gasteiger partial charge in [-0.25, -0.2) is 0 Å². The summed E-state index contributed by atoms with van der Waals surface area (Å²) in [4.78, 5) is 0. The lowest BCUT2D eigenvalue weighted by molar-refractivity contribution is 0.343. The molecule has 0 spiro atoms. The topological polar surface area (TPSA) is 29.9 Å². The van der Waals surface area contributed by atoms with Gasteiger partial charge in [-0.15, -0.1) is 0 Å². The molecule has 1 aromatic heterocycles. The number of aromatic nitrogens is 2. The lowest BCUT2D eigenvalue weighted by Gasteiger charge is -2.25. The molecule has 1 fully saturated rings. The maximum Gasteiger partial charge on any atom is 0.0850 e. The van der Waals surface area contributed by atoms with E-state index in [1.54, 1.807) is 0 Å². The third-order valence-corrected chi connectivity index (χ3v) is 5.31. The van der Waals surface area contributed by atoms with Crippen molar-refractivity contribution in [2.24, 2.45) is 18.9 Å². The summed E-state index contributed by atoms with van der Waals surface area (Å²) >= 11 is 6.53. The molecule has 4 heteroatoms. The highest BCUT2D eigenvalue weighted by Gasteiger charge is 2.30. The standard InChI is InChI=1S/C17H30ClN3/c1-5-9-19-15(13-8-7-12(3)10-13)11-16-17(18)14(6-2)20-21(16)4/h12-13,15,19H,5-11H2,1-4H3. The minimum absolute atomic E-state index is 0.535. The lowest BCUT2D eigenvalue weighted by atomic mass is 9.93. The molecule has 21 heavy (non-hydrogen) atoms. The second-order valence-corrected chi connectivity index (χ2v) is 7.01. The normalized spacial score (nSPS) is 23.7. The predicted molar refractivity (Wildman–Crippen MR) is 89.9 cm³/mol. The maximum absolute atomic E-state index is 6.53. The highest BCUT2D eigenvalue weighted by Crippen LogP contribution is 2.34. The van der Waals surface area contributed by atoms with Gasteiger partial charge in [-0.05, 0) is 44.1 Å². The summed E-state index contributed by atoms with van der Waals surface area (Å²) in [7, 11) is 2.02. The van der Waals surface area contributed by atoms with Crippen LogP contribution >= 0.6 is 11.6 Å². The van der Waals surface area contributed by atoms with E-state index in [9.17, 15) is 0 Å². The van der Waals surface area contributed by atoms with Crippen LogP contribution in [0.4, 0.5) is 0 Å². The van der Waals surface area contributed by atoms with Crippen LogP contribution in [0.1, 0.15) is 57.8 Å². The van der Waals surface area contributed by atoms with Crippen molar-refractivity contribution in [1.82, 2.24) is 15.1 Å². The molecule has 1 aliphatic rings. The van der Waals surface area contributed by atoms with Crippen molar-refractivity contribution in [3.63, 3.8) is 0 Å². The fourth-order valence-corrected chi connectivity index (χ4v) is 3.97. The van der Waals surface area contributed by atoms with Gasteiger partial charge >= 0.3 is 0 Å². The van der Waals surface area contributed by atoms with Crippen LogP contribution in [0, 0.1) is 11.8 Å². The molecule has 0 aliphatic heterocycles. The van der Waals surface area contributed by atoms with Crippen LogP contribution in [0.25, 0.3) is 0 Å². The van der Waals surface area contributed by atoms with Crippen LogP contribution in [0.5, 0.6) is 0 Å². The van der Waals surface area contributed by atoms with Crippen LogP contribution in [-0.2, 0) is 19.9 Å². The molecular weight excluding hydrogens is 282 g/mol. The molecule has 120 valence electrons. The van der Waals surface area contributed by atoms with E-state index < -0.39 is 0 Å². The number of nitrogens with zero attached hydrogens (tertiary/aromatic N) is 2. The Morgan fingerprint density at radius 1 is 1.38 bits per heavy atom. The molecule has 0 saturated heterocycles. The van der Waals surface area contributed by atoms with Crippen molar-refractivity contribution in [1.29, 1.82) is 0 Å². The third kappa shape index (κ3) is 4.01. The summed E-state index contributed by atoms with van der Waals surface area (Å²) in [6, 6.07) is 0.535. The van der Waals surface area contributed by atoms with E-state index in [4.69, 9.17) is 11.6 Å². The minimum Gasteiger partial charge on any atom is -0.313 e. The first-order valence-electron chi connectivity index (χ1n) is 8.50. The van der Waals surface area contributed by atoms with Crippen molar-refractivity contribution in [3.8, 4) is 0 Å². The molecule has 0 aromatic carbocycles. The second kappa shape index (κ2) is 7.64. The fourth-order valence-electron chi connectivity index (χ4n) is 3.60. The first-order chi connectivity index (χ1) is 10.1. The maximum atomic E-state index is 6.53. The lowest BCUT2D eigenvalue weighted by Crippen LogP contribution is -2.38. The minimum atomic E-state index is 0.535. The molecule has 1 N–H and O–H groups in total. The van der Waals surface area contributed by atoms with Crippen LogP contribution in [0.3, 0.4) is 0 Å². The molecule has 1 aromatic rings. The van der Waals surface area contributed by atoms with E-state index in [-0.39, 0.29) is 0 Å². The molecule has 0 radical (unpaired) electrons. The zero-order valence-electron chi connectivity index (χ0n) is 14.0. The van der Waals surface area contributed by atoms with Crippen molar-refractivity contribution in [2.45, 2.75) is 65.3 Å². The van der Waals surface area contributed by atoms with Gasteiger partial charge in [0.2, 0.25) is 0 Å². The van der Waals surface area contributed by atoms with Crippen LogP contribution in [0.15, 0.2) is 0 Å². The van der Waals surface area contributed by atoms with E-state index >= 15 is 0 Å². The molecule has 1 saturated carbocycles. The summed E-state index contributed by atoms with van der Waals surface area (Å²) in [5, 5.41) is 9.21. The number of halogens is 1. The summed E-state index contributed by atoms with van der Waals surface area (Å²) in [6.45, 7) is 7.81. The largest absolute Gasteiger partial charge is 0.313 e. The van der Waals surface area contributed by atoms with Crippen molar-refractivity contribution in [3.05, 3.63) is 16.4 Å². The molecule has 3 nitrogen and oxygen atoms in total. The Balaban J connectivity index is 2.12. The highest BCUT2D eigenvalue weighted by atomic mass is 35.5. The Morgan fingerprint density at radius 2 is 2.14 bits per heavy atom. The summed E-state index contributed by atoms with van der Waals surface area (Å²) in [5.41, 5.74) is 2.23. The van der Waals surface area contributed by atoms with Gasteiger partial charge in [0.25, 0.3) is 0 Å². The van der Waals surface area contributed by atoms with Crippen LogP contribution in [0.2, 0.25) is 5.02 Å². The number of aryl methyl sites for hydroxylation is 2. The number of hydrogen-bond donors (Lipinski definition) is 1. The number of nitrogens with one attached hydrogen (secondary N) is 1. The van der Waals surface area contributed by atoms with Crippen molar-refractivity contribution < 1.29 is 0 Å². The molecule has 3 atom stereocenters.